The van der Waals surface area contributed by atoms with Crippen molar-refractivity contribution in [3.05, 3.63) is 54.6 Å². The van der Waals surface area contributed by atoms with Gasteiger partial charge < -0.3 is 9.72 Å². The first-order valence-electron chi connectivity index (χ1n) is 8.88. The first-order chi connectivity index (χ1) is 12.3. The van der Waals surface area contributed by atoms with E-state index in [1.165, 1.54) is 33.7 Å². The highest BCUT2D eigenvalue weighted by Gasteiger charge is 2.22. The SMILES string of the molecule is C=CC(=O)CC1CCC=C(c2ccnc3[nH]cc(C4=COCC4)c23)C1. The minimum Gasteiger partial charge on any atom is -0.501 e. The van der Waals surface area contributed by atoms with Gasteiger partial charge in [0, 0.05) is 36.2 Å². The first kappa shape index (κ1) is 15.9. The molecule has 1 aliphatic heterocycles. The predicted molar refractivity (Wildman–Crippen MR) is 99.8 cm³/mol. The van der Waals surface area contributed by atoms with Gasteiger partial charge in [-0.1, -0.05) is 12.7 Å². The van der Waals surface area contributed by atoms with Gasteiger partial charge in [-0.05, 0) is 54.0 Å². The highest BCUT2D eigenvalue weighted by atomic mass is 16.5. The van der Waals surface area contributed by atoms with Crippen molar-refractivity contribution in [2.45, 2.75) is 32.1 Å². The van der Waals surface area contributed by atoms with Gasteiger partial charge in [0.25, 0.3) is 0 Å². The third-order valence-corrected chi connectivity index (χ3v) is 5.17. The predicted octanol–water partition coefficient (Wildman–Crippen LogP) is 4.65. The molecule has 0 aromatic carbocycles. The Morgan fingerprint density at radius 1 is 1.40 bits per heavy atom. The van der Waals surface area contributed by atoms with Crippen LogP contribution in [0.25, 0.3) is 22.2 Å². The van der Waals surface area contributed by atoms with Crippen LogP contribution < -0.4 is 0 Å². The third-order valence-electron chi connectivity index (χ3n) is 5.17. The summed E-state index contributed by atoms with van der Waals surface area (Å²) in [7, 11) is 0. The van der Waals surface area contributed by atoms with E-state index in [0.29, 0.717) is 12.3 Å². The number of hydrogen-bond acceptors (Lipinski definition) is 3. The number of allylic oxidation sites excluding steroid dienone is 3. The van der Waals surface area contributed by atoms with Gasteiger partial charge in [0.1, 0.15) is 5.65 Å². The van der Waals surface area contributed by atoms with Gasteiger partial charge in [-0.2, -0.15) is 0 Å². The van der Waals surface area contributed by atoms with E-state index in [4.69, 9.17) is 4.74 Å². The molecular formula is C21H22N2O2. The number of rotatable bonds is 5. The van der Waals surface area contributed by atoms with E-state index < -0.39 is 0 Å². The molecule has 4 nitrogen and oxygen atoms in total. The molecule has 1 aliphatic carbocycles. The van der Waals surface area contributed by atoms with Crippen LogP contribution in [-0.4, -0.2) is 22.4 Å². The summed E-state index contributed by atoms with van der Waals surface area (Å²) in [6.07, 6.45) is 14.0. The maximum absolute atomic E-state index is 11.7. The number of nitrogens with zero attached hydrogens (tertiary/aromatic N) is 1. The molecular weight excluding hydrogens is 312 g/mol. The molecule has 0 spiro atoms. The van der Waals surface area contributed by atoms with Crippen molar-refractivity contribution in [3.8, 4) is 0 Å². The van der Waals surface area contributed by atoms with Gasteiger partial charge >= 0.3 is 0 Å². The molecule has 3 heterocycles. The maximum Gasteiger partial charge on any atom is 0.155 e. The van der Waals surface area contributed by atoms with Crippen LogP contribution in [0.1, 0.15) is 43.2 Å². The largest absolute Gasteiger partial charge is 0.501 e. The number of fused-ring (bicyclic) bond motifs is 1. The van der Waals surface area contributed by atoms with Crippen LogP contribution in [-0.2, 0) is 9.53 Å². The highest BCUT2D eigenvalue weighted by molar-refractivity contribution is 5.99. The minimum atomic E-state index is 0.140. The van der Waals surface area contributed by atoms with Crippen molar-refractivity contribution in [1.29, 1.82) is 0 Å². The molecule has 4 rings (SSSR count). The number of aromatic nitrogens is 2. The Kier molecular flexibility index (Phi) is 4.26. The zero-order valence-electron chi connectivity index (χ0n) is 14.3. The molecule has 1 atom stereocenters. The summed E-state index contributed by atoms with van der Waals surface area (Å²) in [5, 5.41) is 1.17. The number of hydrogen-bond donors (Lipinski definition) is 1. The molecule has 0 radical (unpaired) electrons. The van der Waals surface area contributed by atoms with Gasteiger partial charge in [0.2, 0.25) is 0 Å². The van der Waals surface area contributed by atoms with Crippen LogP contribution in [0, 0.1) is 5.92 Å². The van der Waals surface area contributed by atoms with Gasteiger partial charge in [-0.3, -0.25) is 4.79 Å². The lowest BCUT2D eigenvalue weighted by molar-refractivity contribution is -0.115. The van der Waals surface area contributed by atoms with Crippen LogP contribution in [0.2, 0.25) is 0 Å². The molecule has 2 aromatic rings. The molecule has 2 aromatic heterocycles. The summed E-state index contributed by atoms with van der Waals surface area (Å²) in [4.78, 5) is 19.5. The molecule has 0 amide bonds. The number of H-pyrrole nitrogens is 1. The van der Waals surface area contributed by atoms with Gasteiger partial charge in [-0.25, -0.2) is 4.98 Å². The molecule has 0 bridgehead atoms. The Balaban J connectivity index is 1.71. The molecule has 25 heavy (non-hydrogen) atoms. The molecule has 1 N–H and O–H groups in total. The zero-order chi connectivity index (χ0) is 17.2. The lowest BCUT2D eigenvalue weighted by Gasteiger charge is -2.22. The third kappa shape index (κ3) is 3.04. The standard InChI is InChI=1S/C21H22N2O2/c1-2-17(24)11-14-4-3-5-15(10-14)18-6-8-22-21-20(18)19(12-23-21)16-7-9-25-13-16/h2,5-6,8,12-14H,1,3-4,7,9-11H2,(H,22,23). The van der Waals surface area contributed by atoms with Crippen LogP contribution in [0.5, 0.6) is 0 Å². The van der Waals surface area contributed by atoms with Crippen LogP contribution in [0.4, 0.5) is 0 Å². The summed E-state index contributed by atoms with van der Waals surface area (Å²) in [5.41, 5.74) is 5.85. The van der Waals surface area contributed by atoms with Crippen LogP contribution >= 0.6 is 0 Å². The molecule has 1 unspecified atom stereocenters. The number of pyridine rings is 1. The Hall–Kier alpha value is -2.62. The Morgan fingerprint density at radius 2 is 2.32 bits per heavy atom. The van der Waals surface area contributed by atoms with Crippen LogP contribution in [0.15, 0.2) is 43.5 Å². The maximum atomic E-state index is 11.7. The quantitative estimate of drug-likeness (QED) is 0.810. The molecule has 0 fully saturated rings. The number of ether oxygens (including phenoxy) is 1. The summed E-state index contributed by atoms with van der Waals surface area (Å²) in [6.45, 7) is 4.34. The first-order valence-corrected chi connectivity index (χ1v) is 8.88. The number of nitrogens with one attached hydrogen (secondary N) is 1. The van der Waals surface area contributed by atoms with Crippen molar-refractivity contribution in [2.75, 3.05) is 6.61 Å². The van der Waals surface area contributed by atoms with E-state index in [1.807, 2.05) is 18.7 Å². The van der Waals surface area contributed by atoms with Crippen LogP contribution in [0.3, 0.4) is 0 Å². The Morgan fingerprint density at radius 3 is 3.12 bits per heavy atom. The number of aromatic amines is 1. The normalized spacial score (nSPS) is 20.1. The fourth-order valence-electron chi connectivity index (χ4n) is 3.91. The van der Waals surface area contributed by atoms with Crippen molar-refractivity contribution < 1.29 is 9.53 Å². The van der Waals surface area contributed by atoms with E-state index in [1.54, 1.807) is 0 Å². The van der Waals surface area contributed by atoms with E-state index >= 15 is 0 Å². The second-order valence-electron chi connectivity index (χ2n) is 6.80. The molecule has 0 saturated carbocycles. The number of carbonyl (C=O) groups excluding carboxylic acids is 1. The summed E-state index contributed by atoms with van der Waals surface area (Å²) in [6, 6.07) is 2.10. The highest BCUT2D eigenvalue weighted by Crippen LogP contribution is 2.39. The lowest BCUT2D eigenvalue weighted by atomic mass is 9.82. The van der Waals surface area contributed by atoms with E-state index in [-0.39, 0.29) is 5.78 Å². The van der Waals surface area contributed by atoms with Crippen molar-refractivity contribution in [2.24, 2.45) is 5.92 Å². The van der Waals surface area contributed by atoms with Crippen molar-refractivity contribution in [3.63, 3.8) is 0 Å². The smallest absolute Gasteiger partial charge is 0.155 e. The fraction of sp³-hybridized carbons (Fsp3) is 0.333. The lowest BCUT2D eigenvalue weighted by Crippen LogP contribution is -2.11. The monoisotopic (exact) mass is 334 g/mol. The van der Waals surface area contributed by atoms with E-state index in [9.17, 15) is 4.79 Å². The van der Waals surface area contributed by atoms with Gasteiger partial charge in [0.15, 0.2) is 5.78 Å². The average molecular weight is 334 g/mol. The molecule has 2 aliphatic rings. The summed E-state index contributed by atoms with van der Waals surface area (Å²) in [5.74, 6) is 0.534. The zero-order valence-corrected chi connectivity index (χ0v) is 14.3. The Labute approximate surface area is 147 Å². The summed E-state index contributed by atoms with van der Waals surface area (Å²) >= 11 is 0. The summed E-state index contributed by atoms with van der Waals surface area (Å²) < 4.78 is 5.43. The second-order valence-corrected chi connectivity index (χ2v) is 6.80. The molecule has 4 heteroatoms. The molecule has 128 valence electrons. The van der Waals surface area contributed by atoms with Gasteiger partial charge in [0.05, 0.1) is 12.9 Å². The topological polar surface area (TPSA) is 55.0 Å². The fourth-order valence-corrected chi connectivity index (χ4v) is 3.91. The molecule has 0 saturated heterocycles. The van der Waals surface area contributed by atoms with E-state index in [0.717, 1.165) is 37.9 Å². The Bertz CT molecular complexity index is 888. The second kappa shape index (κ2) is 6.71. The van der Waals surface area contributed by atoms with Crippen molar-refractivity contribution >= 4 is 28.0 Å². The number of ketones is 1. The van der Waals surface area contributed by atoms with Gasteiger partial charge in [-0.15, -0.1) is 0 Å². The minimum absolute atomic E-state index is 0.140. The average Bonchev–Trinajstić information content (AvgIpc) is 3.30. The number of carbonyl (C=O) groups is 1. The van der Waals surface area contributed by atoms with Crippen molar-refractivity contribution in [1.82, 2.24) is 9.97 Å². The van der Waals surface area contributed by atoms with E-state index in [2.05, 4.69) is 28.7 Å².